The molecule has 0 aliphatic rings. The van der Waals surface area contributed by atoms with E-state index in [1.807, 2.05) is 0 Å². The first-order valence-corrected chi connectivity index (χ1v) is 11.7. The van der Waals surface area contributed by atoms with Crippen LogP contribution >= 0.6 is 0 Å². The maximum absolute atomic E-state index is 12.1. The molecule has 1 aromatic heterocycles. The molecule has 3 rings (SSSR count). The van der Waals surface area contributed by atoms with Crippen molar-refractivity contribution in [2.75, 3.05) is 0 Å². The second-order valence-corrected chi connectivity index (χ2v) is 10.2. The Balaban J connectivity index is 2.61. The molecule has 12 nitrogen and oxygen atoms in total. The monoisotopic (exact) mass is 464 g/mol. The first-order valence-electron chi connectivity index (χ1n) is 7.42. The fourth-order valence-electron chi connectivity index (χ4n) is 2.75. The lowest BCUT2D eigenvalue weighted by Crippen LogP contribution is -2.17. The van der Waals surface area contributed by atoms with Crippen molar-refractivity contribution in [1.82, 2.24) is 9.78 Å². The fraction of sp³-hybridized carbons (Fsp3) is 0.0714. The van der Waals surface area contributed by atoms with Gasteiger partial charge < -0.3 is 0 Å². The lowest BCUT2D eigenvalue weighted by atomic mass is 10.1. The number of hydrogen-bond acceptors (Lipinski definition) is 7. The minimum atomic E-state index is -5.05. The Labute approximate surface area is 163 Å². The average Bonchev–Trinajstić information content (AvgIpc) is 2.88. The maximum Gasteiger partial charge on any atom is 0.296 e. The number of nitrogens with zero attached hydrogens (tertiary/aromatic N) is 1. The molecular weight excluding hydrogens is 452 g/mol. The van der Waals surface area contributed by atoms with Crippen LogP contribution in [0.15, 0.2) is 49.8 Å². The Morgan fingerprint density at radius 3 is 1.83 bits per heavy atom. The Morgan fingerprint density at radius 2 is 1.38 bits per heavy atom. The number of benzene rings is 2. The summed E-state index contributed by atoms with van der Waals surface area (Å²) in [4.78, 5) is 9.32. The summed E-state index contributed by atoms with van der Waals surface area (Å²) in [7, 11) is -15.0. The van der Waals surface area contributed by atoms with Gasteiger partial charge >= 0.3 is 0 Å². The van der Waals surface area contributed by atoms with Gasteiger partial charge in [0.2, 0.25) is 0 Å². The normalized spacial score (nSPS) is 13.1. The fourth-order valence-corrected chi connectivity index (χ4v) is 4.79. The SMILES string of the molecule is Cc1cc(=O)n(-c2cc3c(S(=O)(=O)O)cc(S(=O)(=O)O)cc3cc2S(=O)(=O)O)[nH]1. The number of H-pyrrole nitrogens is 1. The number of aryl methyl sites for hydroxylation is 1. The van der Waals surface area contributed by atoms with E-state index >= 15 is 0 Å². The molecule has 156 valence electrons. The quantitative estimate of drug-likeness (QED) is 0.391. The zero-order valence-electron chi connectivity index (χ0n) is 14.3. The molecule has 0 saturated heterocycles. The van der Waals surface area contributed by atoms with Crippen molar-refractivity contribution in [3.8, 4) is 5.69 Å². The third-order valence-corrected chi connectivity index (χ3v) is 6.52. The van der Waals surface area contributed by atoms with E-state index in [0.717, 1.165) is 18.2 Å². The van der Waals surface area contributed by atoms with Gasteiger partial charge in [0.1, 0.15) is 9.79 Å². The second-order valence-electron chi connectivity index (χ2n) is 6.00. The van der Waals surface area contributed by atoms with Gasteiger partial charge in [0.15, 0.2) is 0 Å². The van der Waals surface area contributed by atoms with Gasteiger partial charge in [-0.15, -0.1) is 0 Å². The van der Waals surface area contributed by atoms with Crippen LogP contribution in [0.1, 0.15) is 5.69 Å². The minimum absolute atomic E-state index is 0.313. The van der Waals surface area contributed by atoms with Crippen LogP contribution in [-0.2, 0) is 30.4 Å². The molecule has 0 bridgehead atoms. The number of nitrogens with one attached hydrogen (secondary N) is 1. The molecule has 0 aliphatic heterocycles. The van der Waals surface area contributed by atoms with E-state index in [1.54, 1.807) is 0 Å². The molecule has 2 aromatic carbocycles. The average molecular weight is 464 g/mol. The van der Waals surface area contributed by atoms with E-state index in [2.05, 4.69) is 5.10 Å². The number of aromatic nitrogens is 2. The predicted molar refractivity (Wildman–Crippen MR) is 98.1 cm³/mol. The topological polar surface area (TPSA) is 201 Å². The molecule has 0 radical (unpaired) electrons. The summed E-state index contributed by atoms with van der Waals surface area (Å²) in [5.41, 5.74) is -0.912. The van der Waals surface area contributed by atoms with Crippen molar-refractivity contribution in [2.45, 2.75) is 21.6 Å². The Bertz CT molecular complexity index is 1540. The predicted octanol–water partition coefficient (Wildman–Crippen LogP) is 0.367. The lowest BCUT2D eigenvalue weighted by Gasteiger charge is -2.13. The molecule has 0 atom stereocenters. The third kappa shape index (κ3) is 3.96. The number of fused-ring (bicyclic) bond motifs is 1. The number of rotatable bonds is 4. The van der Waals surface area contributed by atoms with Crippen molar-refractivity contribution in [3.05, 3.63) is 46.4 Å². The molecule has 0 saturated carbocycles. The first-order chi connectivity index (χ1) is 13.1. The summed E-state index contributed by atoms with van der Waals surface area (Å²) < 4.78 is 99.0. The van der Waals surface area contributed by atoms with Crippen LogP contribution in [0.4, 0.5) is 0 Å². The minimum Gasteiger partial charge on any atom is -0.295 e. The van der Waals surface area contributed by atoms with Crippen molar-refractivity contribution < 1.29 is 38.9 Å². The Morgan fingerprint density at radius 1 is 0.793 bits per heavy atom. The van der Waals surface area contributed by atoms with Gasteiger partial charge in [-0.1, -0.05) is 0 Å². The molecular formula is C14H12N2O10S3. The van der Waals surface area contributed by atoms with Gasteiger partial charge in [-0.3, -0.25) is 23.6 Å². The first kappa shape index (κ1) is 21.2. The highest BCUT2D eigenvalue weighted by Gasteiger charge is 2.25. The summed E-state index contributed by atoms with van der Waals surface area (Å²) in [6.07, 6.45) is 0. The van der Waals surface area contributed by atoms with Gasteiger partial charge in [0, 0.05) is 17.1 Å². The van der Waals surface area contributed by atoms with Crippen LogP contribution in [0.3, 0.4) is 0 Å². The van der Waals surface area contributed by atoms with Crippen LogP contribution in [0, 0.1) is 6.92 Å². The molecule has 4 N–H and O–H groups in total. The van der Waals surface area contributed by atoms with Crippen molar-refractivity contribution >= 4 is 41.1 Å². The highest BCUT2D eigenvalue weighted by atomic mass is 32.2. The molecule has 0 aliphatic carbocycles. The van der Waals surface area contributed by atoms with Crippen LogP contribution in [-0.4, -0.2) is 48.7 Å². The molecule has 0 spiro atoms. The zero-order chi connectivity index (χ0) is 21.9. The van der Waals surface area contributed by atoms with Crippen LogP contribution in [0.2, 0.25) is 0 Å². The lowest BCUT2D eigenvalue weighted by molar-refractivity contribution is 0.479. The molecule has 0 fully saturated rings. The van der Waals surface area contributed by atoms with Gasteiger partial charge in [-0.25, -0.2) is 4.68 Å². The second kappa shape index (κ2) is 6.48. The Kier molecular flexibility index (Phi) is 4.72. The summed E-state index contributed by atoms with van der Waals surface area (Å²) >= 11 is 0. The molecule has 0 amide bonds. The van der Waals surface area contributed by atoms with E-state index in [9.17, 15) is 43.7 Å². The summed E-state index contributed by atoms with van der Waals surface area (Å²) in [6.45, 7) is 1.48. The van der Waals surface area contributed by atoms with E-state index < -0.39 is 56.3 Å². The standard InChI is InChI=1S/C14H12N2O10S3/c1-7-2-14(17)16(15-7)11-6-10-8(4-13(11)29(24,25)26)3-9(27(18,19)20)5-12(10)28(21,22)23/h2-6,15H,1H3,(H,18,19,20)(H,21,22,23)(H,24,25,26). The number of hydrogen-bond donors (Lipinski definition) is 4. The van der Waals surface area contributed by atoms with Gasteiger partial charge in [0.05, 0.1) is 10.6 Å². The van der Waals surface area contributed by atoms with Crippen LogP contribution in [0.5, 0.6) is 0 Å². The van der Waals surface area contributed by atoms with Crippen molar-refractivity contribution in [3.63, 3.8) is 0 Å². The van der Waals surface area contributed by atoms with Crippen molar-refractivity contribution in [1.29, 1.82) is 0 Å². The molecule has 15 heteroatoms. The van der Waals surface area contributed by atoms with E-state index in [4.69, 9.17) is 0 Å². The Hall–Kier alpha value is -2.56. The highest BCUT2D eigenvalue weighted by Crippen LogP contribution is 2.32. The zero-order valence-corrected chi connectivity index (χ0v) is 16.7. The summed E-state index contributed by atoms with van der Waals surface area (Å²) in [5.74, 6) is 0. The van der Waals surface area contributed by atoms with Gasteiger partial charge in [-0.2, -0.15) is 25.3 Å². The maximum atomic E-state index is 12.1. The van der Waals surface area contributed by atoms with Crippen LogP contribution in [0.25, 0.3) is 16.5 Å². The largest absolute Gasteiger partial charge is 0.296 e. The molecule has 1 heterocycles. The van der Waals surface area contributed by atoms with Gasteiger partial charge in [-0.05, 0) is 36.6 Å². The smallest absolute Gasteiger partial charge is 0.295 e. The number of aromatic amines is 1. The molecule has 0 unspecified atom stereocenters. The molecule has 3 aromatic rings. The summed E-state index contributed by atoms with van der Waals surface area (Å²) in [5, 5.41) is 1.76. The molecule has 29 heavy (non-hydrogen) atoms. The van der Waals surface area contributed by atoms with E-state index in [0.29, 0.717) is 22.5 Å². The highest BCUT2D eigenvalue weighted by molar-refractivity contribution is 7.87. The summed E-state index contributed by atoms with van der Waals surface area (Å²) in [6, 6.07) is 3.86. The van der Waals surface area contributed by atoms with E-state index in [1.165, 1.54) is 6.92 Å². The van der Waals surface area contributed by atoms with Crippen LogP contribution < -0.4 is 5.56 Å². The van der Waals surface area contributed by atoms with Crippen molar-refractivity contribution in [2.24, 2.45) is 0 Å². The van der Waals surface area contributed by atoms with E-state index in [-0.39, 0.29) is 10.8 Å². The van der Waals surface area contributed by atoms with Gasteiger partial charge in [0.25, 0.3) is 35.9 Å². The third-order valence-electron chi connectivity index (χ3n) is 3.91.